The number of nitrogens with zero attached hydrogens (tertiary/aromatic N) is 2. The van der Waals surface area contributed by atoms with E-state index < -0.39 is 0 Å². The van der Waals surface area contributed by atoms with E-state index in [-0.39, 0.29) is 0 Å². The summed E-state index contributed by atoms with van der Waals surface area (Å²) in [6.45, 7) is 2.04. The zero-order valence-electron chi connectivity index (χ0n) is 11.1. The summed E-state index contributed by atoms with van der Waals surface area (Å²) in [4.78, 5) is 7.63. The fourth-order valence-electron chi connectivity index (χ4n) is 2.06. The number of nitriles is 1. The van der Waals surface area contributed by atoms with Crippen LogP contribution in [-0.2, 0) is 0 Å². The second-order valence-electron chi connectivity index (χ2n) is 4.68. The van der Waals surface area contributed by atoms with Gasteiger partial charge in [0.05, 0.1) is 16.6 Å². The Bertz CT molecular complexity index is 784. The molecule has 3 nitrogen and oxygen atoms in total. The largest absolute Gasteiger partial charge is 0.337 e. The summed E-state index contributed by atoms with van der Waals surface area (Å²) in [6, 6.07) is 18.0. The molecule has 0 saturated carbocycles. The number of para-hydroxylation sites is 2. The molecule has 0 unspecified atom stereocenters. The van der Waals surface area contributed by atoms with Crippen molar-refractivity contribution < 1.29 is 0 Å². The lowest BCUT2D eigenvalue weighted by Gasteiger charge is -1.96. The lowest BCUT2D eigenvalue weighted by molar-refractivity contribution is 1.27. The smallest absolute Gasteiger partial charge is 0.149 e. The third kappa shape index (κ3) is 2.32. The average Bonchev–Trinajstić information content (AvgIpc) is 2.90. The molecule has 3 heteroatoms. The number of aromatic amines is 1. The molecule has 3 aromatic rings. The quantitative estimate of drug-likeness (QED) is 0.709. The molecule has 2 aromatic carbocycles. The average molecular weight is 259 g/mol. The summed E-state index contributed by atoms with van der Waals surface area (Å²) >= 11 is 0. The molecular formula is C17H13N3. The highest BCUT2D eigenvalue weighted by atomic mass is 14.9. The number of nitrogens with one attached hydrogen (secondary N) is 1. The minimum absolute atomic E-state index is 0.532. The summed E-state index contributed by atoms with van der Waals surface area (Å²) in [5.41, 5.74) is 4.53. The number of aryl methyl sites for hydroxylation is 1. The van der Waals surface area contributed by atoms with Crippen LogP contribution in [0.3, 0.4) is 0 Å². The second kappa shape index (κ2) is 5.02. The van der Waals surface area contributed by atoms with Crippen LogP contribution in [0.2, 0.25) is 0 Å². The molecule has 0 bridgehead atoms. The van der Waals surface area contributed by atoms with Gasteiger partial charge in [-0.05, 0) is 30.7 Å². The first kappa shape index (κ1) is 12.2. The number of rotatable bonds is 2. The standard InChI is InChI=1S/C17H13N3/c1-12-6-8-13(9-7-12)10-14(11-18)17-19-15-4-2-3-5-16(15)20-17/h2-10H,1H3,(H,19,20)/b14-10+. The molecule has 0 fully saturated rings. The van der Waals surface area contributed by atoms with Crippen molar-refractivity contribution in [3.05, 3.63) is 65.5 Å². The van der Waals surface area contributed by atoms with Crippen LogP contribution >= 0.6 is 0 Å². The molecule has 0 aliphatic carbocycles. The summed E-state index contributed by atoms with van der Waals surface area (Å²) in [5, 5.41) is 9.34. The Balaban J connectivity index is 2.05. The number of H-pyrrole nitrogens is 1. The predicted octanol–water partition coefficient (Wildman–Crippen LogP) is 3.94. The Kier molecular flexibility index (Phi) is 3.06. The molecular weight excluding hydrogens is 246 g/mol. The summed E-state index contributed by atoms with van der Waals surface area (Å²) in [7, 11) is 0. The van der Waals surface area contributed by atoms with E-state index in [1.807, 2.05) is 61.5 Å². The van der Waals surface area contributed by atoms with E-state index >= 15 is 0 Å². The van der Waals surface area contributed by atoms with Gasteiger partial charge < -0.3 is 4.98 Å². The topological polar surface area (TPSA) is 52.5 Å². The van der Waals surface area contributed by atoms with Crippen molar-refractivity contribution in [1.29, 1.82) is 5.26 Å². The molecule has 0 spiro atoms. The molecule has 1 heterocycles. The molecule has 1 N–H and O–H groups in total. The van der Waals surface area contributed by atoms with Crippen LogP contribution in [0.15, 0.2) is 48.5 Å². The minimum atomic E-state index is 0.532. The second-order valence-corrected chi connectivity index (χ2v) is 4.68. The molecule has 0 saturated heterocycles. The van der Waals surface area contributed by atoms with Gasteiger partial charge >= 0.3 is 0 Å². The molecule has 1 aromatic heterocycles. The first-order valence-corrected chi connectivity index (χ1v) is 6.40. The number of imidazole rings is 1. The Morgan fingerprint density at radius 2 is 1.90 bits per heavy atom. The highest BCUT2D eigenvalue weighted by Crippen LogP contribution is 2.19. The first-order valence-electron chi connectivity index (χ1n) is 6.40. The highest BCUT2D eigenvalue weighted by Gasteiger charge is 2.07. The van der Waals surface area contributed by atoms with Crippen molar-refractivity contribution >= 4 is 22.7 Å². The Hall–Kier alpha value is -2.86. The van der Waals surface area contributed by atoms with Crippen molar-refractivity contribution in [2.45, 2.75) is 6.92 Å². The lowest BCUT2D eigenvalue weighted by Crippen LogP contribution is -1.85. The van der Waals surface area contributed by atoms with Gasteiger partial charge in [-0.3, -0.25) is 0 Å². The fraction of sp³-hybridized carbons (Fsp3) is 0.0588. The van der Waals surface area contributed by atoms with E-state index in [1.54, 1.807) is 0 Å². The van der Waals surface area contributed by atoms with E-state index in [0.717, 1.165) is 16.6 Å². The predicted molar refractivity (Wildman–Crippen MR) is 80.8 cm³/mol. The maximum absolute atomic E-state index is 9.34. The van der Waals surface area contributed by atoms with Crippen LogP contribution in [0.25, 0.3) is 22.7 Å². The van der Waals surface area contributed by atoms with Crippen LogP contribution in [-0.4, -0.2) is 9.97 Å². The van der Waals surface area contributed by atoms with Crippen LogP contribution in [0.4, 0.5) is 0 Å². The molecule has 0 amide bonds. The first-order chi connectivity index (χ1) is 9.76. The zero-order chi connectivity index (χ0) is 13.9. The number of benzene rings is 2. The summed E-state index contributed by atoms with van der Waals surface area (Å²) < 4.78 is 0. The van der Waals surface area contributed by atoms with Gasteiger partial charge in [-0.25, -0.2) is 4.98 Å². The van der Waals surface area contributed by atoms with Gasteiger partial charge in [-0.2, -0.15) is 5.26 Å². The Labute approximate surface area is 117 Å². The van der Waals surface area contributed by atoms with Gasteiger partial charge in [0.1, 0.15) is 11.9 Å². The highest BCUT2D eigenvalue weighted by molar-refractivity contribution is 5.90. The lowest BCUT2D eigenvalue weighted by atomic mass is 10.1. The number of fused-ring (bicyclic) bond motifs is 1. The molecule has 0 aliphatic rings. The maximum Gasteiger partial charge on any atom is 0.149 e. The van der Waals surface area contributed by atoms with Crippen LogP contribution < -0.4 is 0 Å². The number of hydrogen-bond acceptors (Lipinski definition) is 2. The van der Waals surface area contributed by atoms with Gasteiger partial charge in [0.15, 0.2) is 0 Å². The number of aromatic nitrogens is 2. The number of allylic oxidation sites excluding steroid dienone is 1. The van der Waals surface area contributed by atoms with Crippen LogP contribution in [0, 0.1) is 18.3 Å². The third-order valence-corrected chi connectivity index (χ3v) is 3.15. The normalized spacial score (nSPS) is 11.5. The van der Waals surface area contributed by atoms with Crippen molar-refractivity contribution in [3.63, 3.8) is 0 Å². The molecule has 20 heavy (non-hydrogen) atoms. The van der Waals surface area contributed by atoms with Gasteiger partial charge in [-0.1, -0.05) is 42.0 Å². The van der Waals surface area contributed by atoms with Crippen molar-refractivity contribution in [2.24, 2.45) is 0 Å². The van der Waals surface area contributed by atoms with E-state index in [9.17, 15) is 5.26 Å². The van der Waals surface area contributed by atoms with Crippen LogP contribution in [0.5, 0.6) is 0 Å². The van der Waals surface area contributed by atoms with Crippen LogP contribution in [0.1, 0.15) is 17.0 Å². The van der Waals surface area contributed by atoms with Crippen molar-refractivity contribution in [1.82, 2.24) is 9.97 Å². The molecule has 0 atom stereocenters. The van der Waals surface area contributed by atoms with Gasteiger partial charge in [0, 0.05) is 0 Å². The van der Waals surface area contributed by atoms with Gasteiger partial charge in [0.25, 0.3) is 0 Å². The molecule has 3 rings (SSSR count). The third-order valence-electron chi connectivity index (χ3n) is 3.15. The molecule has 96 valence electrons. The van der Waals surface area contributed by atoms with E-state index in [4.69, 9.17) is 0 Å². The van der Waals surface area contributed by atoms with Gasteiger partial charge in [-0.15, -0.1) is 0 Å². The van der Waals surface area contributed by atoms with E-state index in [2.05, 4.69) is 16.0 Å². The van der Waals surface area contributed by atoms with Crippen molar-refractivity contribution in [3.8, 4) is 6.07 Å². The van der Waals surface area contributed by atoms with E-state index in [1.165, 1.54) is 5.56 Å². The van der Waals surface area contributed by atoms with Crippen molar-refractivity contribution in [2.75, 3.05) is 0 Å². The summed E-state index contributed by atoms with van der Waals surface area (Å²) in [6.07, 6.45) is 1.84. The Morgan fingerprint density at radius 3 is 2.60 bits per heavy atom. The summed E-state index contributed by atoms with van der Waals surface area (Å²) in [5.74, 6) is 0.606. The van der Waals surface area contributed by atoms with Gasteiger partial charge in [0.2, 0.25) is 0 Å². The van der Waals surface area contributed by atoms with E-state index in [0.29, 0.717) is 11.4 Å². The Morgan fingerprint density at radius 1 is 1.15 bits per heavy atom. The molecule has 0 aliphatic heterocycles. The molecule has 0 radical (unpaired) electrons. The fourth-order valence-corrected chi connectivity index (χ4v) is 2.06. The maximum atomic E-state index is 9.34. The number of hydrogen-bond donors (Lipinski definition) is 1. The monoisotopic (exact) mass is 259 g/mol. The minimum Gasteiger partial charge on any atom is -0.337 e. The SMILES string of the molecule is Cc1ccc(/C=C(\C#N)c2nc3ccccc3[nH]2)cc1. The zero-order valence-corrected chi connectivity index (χ0v) is 11.1.